The predicted molar refractivity (Wildman–Crippen MR) is 67.4 cm³/mol. The van der Waals surface area contributed by atoms with Crippen molar-refractivity contribution in [2.45, 2.75) is 19.2 Å². The summed E-state index contributed by atoms with van der Waals surface area (Å²) >= 11 is 6.28. The highest BCUT2D eigenvalue weighted by Crippen LogP contribution is 2.36. The number of benzene rings is 1. The third-order valence-electron chi connectivity index (χ3n) is 2.42. The standard InChI is InChI=1S/C12H9ClF3NOS/c1-6-2-7(4-8(13)3-6)10(18)9-5-17-11(19-9)12(14,15)16/h2-5,10,18H,1H3. The summed E-state index contributed by atoms with van der Waals surface area (Å²) in [6.07, 6.45) is -4.62. The molecule has 1 aromatic carbocycles. The van der Waals surface area contributed by atoms with Crippen molar-refractivity contribution < 1.29 is 18.3 Å². The van der Waals surface area contributed by atoms with Crippen molar-refractivity contribution in [2.75, 3.05) is 0 Å². The Hall–Kier alpha value is -1.11. The predicted octanol–water partition coefficient (Wildman–Crippen LogP) is 4.21. The van der Waals surface area contributed by atoms with E-state index in [9.17, 15) is 18.3 Å². The van der Waals surface area contributed by atoms with Gasteiger partial charge in [-0.2, -0.15) is 13.2 Å². The highest BCUT2D eigenvalue weighted by atomic mass is 35.5. The number of aromatic nitrogens is 1. The van der Waals surface area contributed by atoms with Gasteiger partial charge in [0.05, 0.1) is 4.88 Å². The first kappa shape index (κ1) is 14.3. The Balaban J connectivity index is 2.33. The maximum absolute atomic E-state index is 12.4. The van der Waals surface area contributed by atoms with Crippen LogP contribution in [0.3, 0.4) is 0 Å². The number of aliphatic hydroxyl groups is 1. The molecule has 19 heavy (non-hydrogen) atoms. The summed E-state index contributed by atoms with van der Waals surface area (Å²) in [5, 5.41) is 9.52. The van der Waals surface area contributed by atoms with Gasteiger partial charge >= 0.3 is 6.18 Å². The van der Waals surface area contributed by atoms with Gasteiger partial charge in [0.2, 0.25) is 0 Å². The number of hydrogen-bond donors (Lipinski definition) is 1. The highest BCUT2D eigenvalue weighted by Gasteiger charge is 2.35. The van der Waals surface area contributed by atoms with Crippen LogP contribution in [0.2, 0.25) is 5.02 Å². The average molecular weight is 308 g/mol. The monoisotopic (exact) mass is 307 g/mol. The first-order chi connectivity index (χ1) is 8.77. The summed E-state index contributed by atoms with van der Waals surface area (Å²) in [6, 6.07) is 4.89. The normalized spacial score (nSPS) is 13.6. The Morgan fingerprint density at radius 3 is 2.53 bits per heavy atom. The quantitative estimate of drug-likeness (QED) is 0.901. The molecular weight excluding hydrogens is 299 g/mol. The number of thiazole rings is 1. The summed E-state index contributed by atoms with van der Waals surface area (Å²) in [5.41, 5.74) is 1.27. The van der Waals surface area contributed by atoms with Crippen LogP contribution in [-0.2, 0) is 6.18 Å². The number of nitrogens with zero attached hydrogens (tertiary/aromatic N) is 1. The molecule has 2 nitrogen and oxygen atoms in total. The van der Waals surface area contributed by atoms with Gasteiger partial charge in [-0.3, -0.25) is 0 Å². The molecule has 0 bridgehead atoms. The van der Waals surface area contributed by atoms with E-state index in [0.29, 0.717) is 21.9 Å². The SMILES string of the molecule is Cc1cc(Cl)cc(C(O)c2cnc(C(F)(F)F)s2)c1. The van der Waals surface area contributed by atoms with Crippen LogP contribution in [0, 0.1) is 6.92 Å². The summed E-state index contributed by atoms with van der Waals surface area (Å²) in [7, 11) is 0. The number of alkyl halides is 3. The zero-order valence-corrected chi connectivity index (χ0v) is 11.3. The van der Waals surface area contributed by atoms with Crippen LogP contribution < -0.4 is 0 Å². The number of halogens is 4. The zero-order valence-electron chi connectivity index (χ0n) is 9.70. The molecule has 0 fully saturated rings. The Kier molecular flexibility index (Phi) is 3.85. The molecular formula is C12H9ClF3NOS. The number of aliphatic hydroxyl groups excluding tert-OH is 1. The molecule has 0 spiro atoms. The largest absolute Gasteiger partial charge is 0.443 e. The van der Waals surface area contributed by atoms with E-state index in [1.165, 1.54) is 6.07 Å². The van der Waals surface area contributed by atoms with Gasteiger partial charge in [-0.05, 0) is 30.2 Å². The minimum Gasteiger partial charge on any atom is -0.383 e. The molecule has 0 aliphatic carbocycles. The lowest BCUT2D eigenvalue weighted by Gasteiger charge is -2.10. The van der Waals surface area contributed by atoms with E-state index in [1.54, 1.807) is 19.1 Å². The highest BCUT2D eigenvalue weighted by molar-refractivity contribution is 7.11. The van der Waals surface area contributed by atoms with E-state index in [0.717, 1.165) is 11.8 Å². The summed E-state index contributed by atoms with van der Waals surface area (Å²) in [6.45, 7) is 1.79. The lowest BCUT2D eigenvalue weighted by Crippen LogP contribution is -2.03. The van der Waals surface area contributed by atoms with Gasteiger partial charge in [0.1, 0.15) is 6.10 Å². The van der Waals surface area contributed by atoms with Gasteiger partial charge in [0, 0.05) is 11.2 Å². The van der Waals surface area contributed by atoms with Crippen LogP contribution in [-0.4, -0.2) is 10.1 Å². The fourth-order valence-electron chi connectivity index (χ4n) is 1.63. The molecule has 2 aromatic rings. The molecule has 0 aliphatic heterocycles. The van der Waals surface area contributed by atoms with Crippen LogP contribution in [0.25, 0.3) is 0 Å². The third kappa shape index (κ3) is 3.26. The number of aryl methyl sites for hydroxylation is 1. The van der Waals surface area contributed by atoms with E-state index in [4.69, 9.17) is 11.6 Å². The van der Waals surface area contributed by atoms with Crippen molar-refractivity contribution in [3.63, 3.8) is 0 Å². The van der Waals surface area contributed by atoms with E-state index in [1.807, 2.05) is 0 Å². The lowest BCUT2D eigenvalue weighted by molar-refractivity contribution is -0.137. The first-order valence-corrected chi connectivity index (χ1v) is 6.45. The summed E-state index contributed by atoms with van der Waals surface area (Å²) in [5.74, 6) is 0. The molecule has 0 aliphatic rings. The fraction of sp³-hybridized carbons (Fsp3) is 0.250. The molecule has 0 saturated carbocycles. The molecule has 0 amide bonds. The van der Waals surface area contributed by atoms with Crippen LogP contribution in [0.1, 0.15) is 27.1 Å². The van der Waals surface area contributed by atoms with Crippen molar-refractivity contribution in [1.82, 2.24) is 4.98 Å². The van der Waals surface area contributed by atoms with E-state index < -0.39 is 17.3 Å². The molecule has 0 saturated heterocycles. The second kappa shape index (κ2) is 5.11. The zero-order chi connectivity index (χ0) is 14.2. The van der Waals surface area contributed by atoms with E-state index >= 15 is 0 Å². The minimum absolute atomic E-state index is 0.133. The van der Waals surface area contributed by atoms with Crippen molar-refractivity contribution in [2.24, 2.45) is 0 Å². The molecule has 0 radical (unpaired) electrons. The number of hydrogen-bond acceptors (Lipinski definition) is 3. The van der Waals surface area contributed by atoms with Gasteiger partial charge < -0.3 is 5.11 Å². The molecule has 102 valence electrons. The van der Waals surface area contributed by atoms with E-state index in [2.05, 4.69) is 4.98 Å². The second-order valence-corrected chi connectivity index (χ2v) is 5.53. The summed E-state index contributed by atoms with van der Waals surface area (Å²) in [4.78, 5) is 3.41. The van der Waals surface area contributed by atoms with Gasteiger partial charge in [-0.25, -0.2) is 4.98 Å². The van der Waals surface area contributed by atoms with E-state index in [-0.39, 0.29) is 4.88 Å². The van der Waals surface area contributed by atoms with Gasteiger partial charge in [0.25, 0.3) is 0 Å². The topological polar surface area (TPSA) is 33.1 Å². The fourth-order valence-corrected chi connectivity index (χ4v) is 2.73. The van der Waals surface area contributed by atoms with Crippen molar-refractivity contribution in [3.8, 4) is 0 Å². The Morgan fingerprint density at radius 2 is 2.00 bits per heavy atom. The molecule has 1 heterocycles. The Morgan fingerprint density at radius 1 is 1.32 bits per heavy atom. The van der Waals surface area contributed by atoms with Gasteiger partial charge in [-0.1, -0.05) is 17.7 Å². The maximum Gasteiger partial charge on any atom is 0.443 e. The van der Waals surface area contributed by atoms with Crippen molar-refractivity contribution >= 4 is 22.9 Å². The molecule has 1 atom stereocenters. The van der Waals surface area contributed by atoms with Crippen LogP contribution in [0.5, 0.6) is 0 Å². The maximum atomic E-state index is 12.4. The van der Waals surface area contributed by atoms with Crippen molar-refractivity contribution in [3.05, 3.63) is 50.4 Å². The smallest absolute Gasteiger partial charge is 0.383 e. The van der Waals surface area contributed by atoms with Crippen LogP contribution >= 0.6 is 22.9 Å². The Bertz CT molecular complexity index is 577. The minimum atomic E-state index is -4.49. The molecule has 7 heteroatoms. The average Bonchev–Trinajstić information content (AvgIpc) is 2.75. The molecule has 1 N–H and O–H groups in total. The molecule has 1 aromatic heterocycles. The van der Waals surface area contributed by atoms with Gasteiger partial charge in [0.15, 0.2) is 5.01 Å². The number of rotatable bonds is 2. The molecule has 1 unspecified atom stereocenters. The third-order valence-corrected chi connectivity index (χ3v) is 3.73. The van der Waals surface area contributed by atoms with Crippen LogP contribution in [0.4, 0.5) is 13.2 Å². The molecule has 2 rings (SSSR count). The summed E-state index contributed by atoms with van der Waals surface area (Å²) < 4.78 is 37.3. The first-order valence-electron chi connectivity index (χ1n) is 5.25. The Labute approximate surface area is 116 Å². The second-order valence-electron chi connectivity index (χ2n) is 4.03. The van der Waals surface area contributed by atoms with Crippen molar-refractivity contribution in [1.29, 1.82) is 0 Å². The lowest BCUT2D eigenvalue weighted by atomic mass is 10.1. The van der Waals surface area contributed by atoms with Gasteiger partial charge in [-0.15, -0.1) is 11.3 Å². The van der Waals surface area contributed by atoms with Crippen LogP contribution in [0.15, 0.2) is 24.4 Å².